The molecule has 0 saturated heterocycles. The Kier molecular flexibility index (Phi) is 7.96. The minimum Gasteiger partial charge on any atom is -0.491 e. The van der Waals surface area contributed by atoms with Gasteiger partial charge in [0.25, 0.3) is 0 Å². The summed E-state index contributed by atoms with van der Waals surface area (Å²) in [5, 5.41) is 10.1. The van der Waals surface area contributed by atoms with Gasteiger partial charge in [0, 0.05) is 17.5 Å². The molecule has 1 atom stereocenters. The molecule has 1 N–H and O–H groups in total. The molecule has 0 aliphatic carbocycles. The first-order chi connectivity index (χ1) is 15.0. The van der Waals surface area contributed by atoms with E-state index in [1.807, 2.05) is 42.5 Å². The maximum atomic E-state index is 12.4. The van der Waals surface area contributed by atoms with Crippen molar-refractivity contribution in [1.29, 1.82) is 0 Å². The third-order valence-corrected chi connectivity index (χ3v) is 4.73. The van der Waals surface area contributed by atoms with Crippen LogP contribution in [0.4, 0.5) is 0 Å². The quantitative estimate of drug-likeness (QED) is 0.471. The van der Waals surface area contributed by atoms with Crippen molar-refractivity contribution >= 4 is 11.6 Å². The van der Waals surface area contributed by atoms with E-state index in [2.05, 4.69) is 0 Å². The molecule has 0 heterocycles. The van der Waals surface area contributed by atoms with E-state index >= 15 is 0 Å². The minimum atomic E-state index is -0.803. The monoisotopic (exact) mass is 418 g/mol. The highest BCUT2D eigenvalue weighted by Crippen LogP contribution is 2.17. The van der Waals surface area contributed by atoms with Crippen LogP contribution in [0.15, 0.2) is 78.9 Å². The lowest BCUT2D eigenvalue weighted by Gasteiger charge is -2.14. The number of carbonyl (C=O) groups is 2. The SMILES string of the molecule is CC(=O)CCc1ccc(OCC(O)COc2ccc(C(=O)c3ccccc3)cc2)cc1. The molecule has 1 unspecified atom stereocenters. The fraction of sp³-hybridized carbons (Fsp3) is 0.231. The fourth-order valence-corrected chi connectivity index (χ4v) is 2.96. The van der Waals surface area contributed by atoms with Crippen LogP contribution in [0.1, 0.15) is 34.8 Å². The molecule has 31 heavy (non-hydrogen) atoms. The number of ketones is 2. The molecule has 3 aromatic rings. The van der Waals surface area contributed by atoms with E-state index in [4.69, 9.17) is 9.47 Å². The Hall–Kier alpha value is -3.44. The van der Waals surface area contributed by atoms with Crippen molar-refractivity contribution in [2.24, 2.45) is 0 Å². The Labute approximate surface area is 182 Å². The Balaban J connectivity index is 1.42. The summed E-state index contributed by atoms with van der Waals surface area (Å²) in [7, 11) is 0. The van der Waals surface area contributed by atoms with Crippen LogP contribution in [0.25, 0.3) is 0 Å². The second-order valence-corrected chi connectivity index (χ2v) is 7.34. The van der Waals surface area contributed by atoms with Crippen LogP contribution in [0.2, 0.25) is 0 Å². The van der Waals surface area contributed by atoms with E-state index in [1.54, 1.807) is 43.3 Å². The maximum absolute atomic E-state index is 12.4. The van der Waals surface area contributed by atoms with Crippen LogP contribution in [0, 0.1) is 0 Å². The van der Waals surface area contributed by atoms with Gasteiger partial charge < -0.3 is 19.4 Å². The van der Waals surface area contributed by atoms with Crippen LogP contribution in [-0.4, -0.2) is 36.0 Å². The Bertz CT molecular complexity index is 979. The molecule has 0 spiro atoms. The molecule has 0 saturated carbocycles. The second-order valence-electron chi connectivity index (χ2n) is 7.34. The zero-order chi connectivity index (χ0) is 22.1. The summed E-state index contributed by atoms with van der Waals surface area (Å²) in [5.74, 6) is 1.33. The number of rotatable bonds is 11. The number of aryl methyl sites for hydroxylation is 1. The van der Waals surface area contributed by atoms with Gasteiger partial charge in [0.1, 0.15) is 36.6 Å². The first-order valence-corrected chi connectivity index (χ1v) is 10.2. The summed E-state index contributed by atoms with van der Waals surface area (Å²) in [5.41, 5.74) is 2.28. The standard InChI is InChI=1S/C26H26O5/c1-19(27)7-8-20-9-13-24(14-10-20)30-17-23(28)18-31-25-15-11-22(12-16-25)26(29)21-5-3-2-4-6-21/h2-6,9-16,23,28H,7-8,17-18H2,1H3. The lowest BCUT2D eigenvalue weighted by Crippen LogP contribution is -2.25. The summed E-state index contributed by atoms with van der Waals surface area (Å²) < 4.78 is 11.2. The van der Waals surface area contributed by atoms with Crippen molar-refractivity contribution in [3.63, 3.8) is 0 Å². The first-order valence-electron chi connectivity index (χ1n) is 10.2. The van der Waals surface area contributed by atoms with E-state index in [-0.39, 0.29) is 24.8 Å². The maximum Gasteiger partial charge on any atom is 0.193 e. The van der Waals surface area contributed by atoms with Crippen molar-refractivity contribution in [3.8, 4) is 11.5 Å². The minimum absolute atomic E-state index is 0.0482. The summed E-state index contributed by atoms with van der Waals surface area (Å²) >= 11 is 0. The zero-order valence-electron chi connectivity index (χ0n) is 17.5. The van der Waals surface area contributed by atoms with Gasteiger partial charge in [-0.2, -0.15) is 0 Å². The molecular formula is C26H26O5. The van der Waals surface area contributed by atoms with Crippen LogP contribution in [0.5, 0.6) is 11.5 Å². The number of aliphatic hydroxyl groups excluding tert-OH is 1. The number of carbonyl (C=O) groups excluding carboxylic acids is 2. The molecule has 3 aromatic carbocycles. The number of benzene rings is 3. The van der Waals surface area contributed by atoms with E-state index in [0.717, 1.165) is 5.56 Å². The lowest BCUT2D eigenvalue weighted by atomic mass is 10.0. The van der Waals surface area contributed by atoms with Crippen LogP contribution in [-0.2, 0) is 11.2 Å². The molecule has 0 bridgehead atoms. The highest BCUT2D eigenvalue weighted by atomic mass is 16.5. The van der Waals surface area contributed by atoms with Gasteiger partial charge in [-0.15, -0.1) is 0 Å². The van der Waals surface area contributed by atoms with Gasteiger partial charge in [0.15, 0.2) is 5.78 Å². The Morgan fingerprint density at radius 1 is 0.774 bits per heavy atom. The van der Waals surface area contributed by atoms with Crippen molar-refractivity contribution < 1.29 is 24.2 Å². The highest BCUT2D eigenvalue weighted by molar-refractivity contribution is 6.08. The molecule has 0 aromatic heterocycles. The van der Waals surface area contributed by atoms with Gasteiger partial charge in [0.2, 0.25) is 0 Å². The molecular weight excluding hydrogens is 392 g/mol. The van der Waals surface area contributed by atoms with Crippen molar-refractivity contribution in [2.45, 2.75) is 25.9 Å². The van der Waals surface area contributed by atoms with Gasteiger partial charge in [-0.25, -0.2) is 0 Å². The van der Waals surface area contributed by atoms with Crippen molar-refractivity contribution in [3.05, 3.63) is 95.6 Å². The summed E-state index contributed by atoms with van der Waals surface area (Å²) in [6, 6.07) is 23.4. The smallest absolute Gasteiger partial charge is 0.193 e. The Morgan fingerprint density at radius 2 is 1.29 bits per heavy atom. The Morgan fingerprint density at radius 3 is 1.84 bits per heavy atom. The topological polar surface area (TPSA) is 72.8 Å². The number of hydrogen-bond donors (Lipinski definition) is 1. The summed E-state index contributed by atoms with van der Waals surface area (Å²) in [4.78, 5) is 23.5. The molecule has 3 rings (SSSR count). The van der Waals surface area contributed by atoms with Gasteiger partial charge in [-0.3, -0.25) is 4.79 Å². The van der Waals surface area contributed by atoms with Gasteiger partial charge >= 0.3 is 0 Å². The molecule has 5 nitrogen and oxygen atoms in total. The molecule has 0 fully saturated rings. The summed E-state index contributed by atoms with van der Waals surface area (Å²) in [6.45, 7) is 1.75. The van der Waals surface area contributed by atoms with E-state index in [9.17, 15) is 14.7 Å². The number of aliphatic hydroxyl groups is 1. The molecule has 5 heteroatoms. The second kappa shape index (κ2) is 11.1. The van der Waals surface area contributed by atoms with Gasteiger partial charge in [-0.05, 0) is 55.3 Å². The molecule has 0 amide bonds. The number of ether oxygens (including phenoxy) is 2. The number of Topliss-reactive ketones (excluding diaryl/α,β-unsaturated/α-hetero) is 1. The van der Waals surface area contributed by atoms with Crippen molar-refractivity contribution in [1.82, 2.24) is 0 Å². The molecule has 0 radical (unpaired) electrons. The average Bonchev–Trinajstić information content (AvgIpc) is 2.81. The van der Waals surface area contributed by atoms with Crippen molar-refractivity contribution in [2.75, 3.05) is 13.2 Å². The van der Waals surface area contributed by atoms with Crippen LogP contribution in [0.3, 0.4) is 0 Å². The third kappa shape index (κ3) is 7.08. The largest absolute Gasteiger partial charge is 0.491 e. The third-order valence-electron chi connectivity index (χ3n) is 4.73. The first kappa shape index (κ1) is 22.2. The average molecular weight is 418 g/mol. The predicted octanol–water partition coefficient (Wildman–Crippen LogP) is 4.26. The lowest BCUT2D eigenvalue weighted by molar-refractivity contribution is -0.116. The molecule has 0 aliphatic rings. The molecule has 160 valence electrons. The summed E-state index contributed by atoms with van der Waals surface area (Å²) in [6.07, 6.45) is 0.433. The zero-order valence-corrected chi connectivity index (χ0v) is 17.5. The fourth-order valence-electron chi connectivity index (χ4n) is 2.96. The van der Waals surface area contributed by atoms with Crippen LogP contribution >= 0.6 is 0 Å². The normalized spacial score (nSPS) is 11.5. The number of hydrogen-bond acceptors (Lipinski definition) is 5. The predicted molar refractivity (Wildman–Crippen MR) is 119 cm³/mol. The van der Waals surface area contributed by atoms with E-state index < -0.39 is 6.10 Å². The van der Waals surface area contributed by atoms with Gasteiger partial charge in [0.05, 0.1) is 0 Å². The highest BCUT2D eigenvalue weighted by Gasteiger charge is 2.10. The van der Waals surface area contributed by atoms with E-state index in [0.29, 0.717) is 35.5 Å². The molecule has 0 aliphatic heterocycles. The van der Waals surface area contributed by atoms with Crippen LogP contribution < -0.4 is 9.47 Å². The van der Waals surface area contributed by atoms with Gasteiger partial charge in [-0.1, -0.05) is 42.5 Å². The van der Waals surface area contributed by atoms with E-state index in [1.165, 1.54) is 0 Å².